The molecule has 2 N–H and O–H groups in total. The Morgan fingerprint density at radius 3 is 2.16 bits per heavy atom. The molecule has 6 nitrogen and oxygen atoms in total. The molecule has 0 aliphatic rings. The summed E-state index contributed by atoms with van der Waals surface area (Å²) in [4.78, 5) is 12.2. The van der Waals surface area contributed by atoms with E-state index in [0.717, 1.165) is 0 Å². The zero-order chi connectivity index (χ0) is 18.7. The van der Waals surface area contributed by atoms with Gasteiger partial charge in [-0.15, -0.1) is 0 Å². The zero-order valence-electron chi connectivity index (χ0n) is 14.7. The number of carbonyl (C=O) groups is 1. The van der Waals surface area contributed by atoms with E-state index >= 15 is 0 Å². The fourth-order valence-electron chi connectivity index (χ4n) is 2.13. The Kier molecular flexibility index (Phi) is 5.37. The lowest BCUT2D eigenvalue weighted by atomic mass is 10.1. The first-order chi connectivity index (χ1) is 11.6. The van der Waals surface area contributed by atoms with Crippen LogP contribution in [-0.4, -0.2) is 27.0 Å². The lowest BCUT2D eigenvalue weighted by molar-refractivity contribution is 0.0919. The van der Waals surface area contributed by atoms with Gasteiger partial charge in [-0.25, -0.2) is 8.42 Å². The second kappa shape index (κ2) is 7.14. The van der Waals surface area contributed by atoms with E-state index in [-0.39, 0.29) is 16.3 Å². The monoisotopic (exact) mass is 362 g/mol. The normalized spacial score (nSPS) is 11.7. The number of benzene rings is 2. The van der Waals surface area contributed by atoms with Gasteiger partial charge in [0.05, 0.1) is 17.7 Å². The third-order valence-corrected chi connectivity index (χ3v) is 4.65. The molecule has 0 aromatic heterocycles. The van der Waals surface area contributed by atoms with Gasteiger partial charge in [-0.05, 0) is 57.2 Å². The second-order valence-corrected chi connectivity index (χ2v) is 8.22. The molecule has 0 unspecified atom stereocenters. The van der Waals surface area contributed by atoms with Crippen molar-refractivity contribution < 1.29 is 17.9 Å². The van der Waals surface area contributed by atoms with Gasteiger partial charge in [0.25, 0.3) is 15.9 Å². The van der Waals surface area contributed by atoms with E-state index in [4.69, 9.17) is 4.74 Å². The van der Waals surface area contributed by atoms with Crippen molar-refractivity contribution in [2.75, 3.05) is 11.8 Å². The molecular formula is C18H22N2O4S. The lowest BCUT2D eigenvalue weighted by Gasteiger charge is -2.20. The van der Waals surface area contributed by atoms with Crippen molar-refractivity contribution in [2.45, 2.75) is 31.2 Å². The molecule has 0 fully saturated rings. The molecule has 2 aromatic carbocycles. The summed E-state index contributed by atoms with van der Waals surface area (Å²) in [6, 6.07) is 12.5. The minimum atomic E-state index is -3.79. The average molecular weight is 362 g/mol. The molecule has 0 bridgehead atoms. The number of nitrogens with one attached hydrogen (secondary N) is 2. The molecule has 134 valence electrons. The molecule has 0 aliphatic carbocycles. The summed E-state index contributed by atoms with van der Waals surface area (Å²) in [5.41, 5.74) is 0.374. The summed E-state index contributed by atoms with van der Waals surface area (Å²) in [6.07, 6.45) is 0. The summed E-state index contributed by atoms with van der Waals surface area (Å²) < 4.78 is 32.7. The fraction of sp³-hybridized carbons (Fsp3) is 0.278. The third kappa shape index (κ3) is 4.96. The first-order valence-corrected chi connectivity index (χ1v) is 9.19. The SMILES string of the molecule is COc1ccccc1NS(=O)(=O)c1ccc(C(=O)NC(C)(C)C)cc1. The Balaban J connectivity index is 2.22. The largest absolute Gasteiger partial charge is 0.495 e. The van der Waals surface area contributed by atoms with Gasteiger partial charge in [0, 0.05) is 11.1 Å². The Labute approximate surface area is 148 Å². The van der Waals surface area contributed by atoms with Gasteiger partial charge in [0.2, 0.25) is 0 Å². The van der Waals surface area contributed by atoms with Crippen LogP contribution in [-0.2, 0) is 10.0 Å². The van der Waals surface area contributed by atoms with E-state index in [1.54, 1.807) is 24.3 Å². The van der Waals surface area contributed by atoms with Gasteiger partial charge in [-0.1, -0.05) is 12.1 Å². The summed E-state index contributed by atoms with van der Waals surface area (Å²) in [5, 5.41) is 2.83. The molecule has 1 amide bonds. The number of para-hydroxylation sites is 2. The van der Waals surface area contributed by atoms with Crippen molar-refractivity contribution >= 4 is 21.6 Å². The van der Waals surface area contributed by atoms with E-state index in [0.29, 0.717) is 17.0 Å². The highest BCUT2D eigenvalue weighted by Crippen LogP contribution is 2.26. The second-order valence-electron chi connectivity index (χ2n) is 6.53. The number of amides is 1. The van der Waals surface area contributed by atoms with Gasteiger partial charge in [-0.2, -0.15) is 0 Å². The van der Waals surface area contributed by atoms with E-state index < -0.39 is 10.0 Å². The Morgan fingerprint density at radius 2 is 1.60 bits per heavy atom. The van der Waals surface area contributed by atoms with Crippen LogP contribution in [0.2, 0.25) is 0 Å². The van der Waals surface area contributed by atoms with Crippen LogP contribution in [0.25, 0.3) is 0 Å². The van der Waals surface area contributed by atoms with Crippen LogP contribution >= 0.6 is 0 Å². The maximum atomic E-state index is 12.5. The van der Waals surface area contributed by atoms with Gasteiger partial charge in [-0.3, -0.25) is 9.52 Å². The molecule has 0 aliphatic heterocycles. The molecule has 25 heavy (non-hydrogen) atoms. The van der Waals surface area contributed by atoms with Gasteiger partial charge in [0.1, 0.15) is 5.75 Å². The predicted molar refractivity (Wildman–Crippen MR) is 97.5 cm³/mol. The lowest BCUT2D eigenvalue weighted by Crippen LogP contribution is -2.40. The smallest absolute Gasteiger partial charge is 0.262 e. The van der Waals surface area contributed by atoms with E-state index in [9.17, 15) is 13.2 Å². The van der Waals surface area contributed by atoms with Crippen LogP contribution in [0.3, 0.4) is 0 Å². The number of ether oxygens (including phenoxy) is 1. The van der Waals surface area contributed by atoms with Gasteiger partial charge in [0.15, 0.2) is 0 Å². The summed E-state index contributed by atoms with van der Waals surface area (Å²) in [6.45, 7) is 5.63. The molecule has 0 spiro atoms. The van der Waals surface area contributed by atoms with E-state index in [1.807, 2.05) is 20.8 Å². The van der Waals surface area contributed by atoms with Gasteiger partial charge < -0.3 is 10.1 Å². The van der Waals surface area contributed by atoms with Crippen LogP contribution in [0, 0.1) is 0 Å². The third-order valence-electron chi connectivity index (χ3n) is 3.27. The highest BCUT2D eigenvalue weighted by Gasteiger charge is 2.19. The molecule has 0 atom stereocenters. The Morgan fingerprint density at radius 1 is 1.00 bits per heavy atom. The quantitative estimate of drug-likeness (QED) is 0.856. The highest BCUT2D eigenvalue weighted by molar-refractivity contribution is 7.92. The van der Waals surface area contributed by atoms with Crippen molar-refractivity contribution in [2.24, 2.45) is 0 Å². The van der Waals surface area contributed by atoms with Crippen molar-refractivity contribution in [1.82, 2.24) is 5.32 Å². The number of rotatable bonds is 5. The van der Waals surface area contributed by atoms with Crippen LogP contribution < -0.4 is 14.8 Å². The number of hydrogen-bond donors (Lipinski definition) is 2. The van der Waals surface area contributed by atoms with E-state index in [2.05, 4.69) is 10.0 Å². The molecular weight excluding hydrogens is 340 g/mol. The molecule has 0 saturated carbocycles. The summed E-state index contributed by atoms with van der Waals surface area (Å²) in [7, 11) is -2.32. The van der Waals surface area contributed by atoms with Crippen LogP contribution in [0.4, 0.5) is 5.69 Å². The van der Waals surface area contributed by atoms with Crippen LogP contribution in [0.1, 0.15) is 31.1 Å². The topological polar surface area (TPSA) is 84.5 Å². The van der Waals surface area contributed by atoms with Gasteiger partial charge >= 0.3 is 0 Å². The zero-order valence-corrected chi connectivity index (χ0v) is 15.5. The van der Waals surface area contributed by atoms with Crippen molar-refractivity contribution in [3.8, 4) is 5.75 Å². The maximum absolute atomic E-state index is 12.5. The Bertz CT molecular complexity index is 853. The average Bonchev–Trinajstić information content (AvgIpc) is 2.53. The fourth-order valence-corrected chi connectivity index (χ4v) is 3.20. The molecule has 0 heterocycles. The van der Waals surface area contributed by atoms with Crippen molar-refractivity contribution in [3.63, 3.8) is 0 Å². The molecule has 7 heteroatoms. The van der Waals surface area contributed by atoms with E-state index in [1.165, 1.54) is 31.4 Å². The first kappa shape index (κ1) is 18.8. The molecule has 0 saturated heterocycles. The van der Waals surface area contributed by atoms with Crippen molar-refractivity contribution in [1.29, 1.82) is 0 Å². The van der Waals surface area contributed by atoms with Crippen LogP contribution in [0.15, 0.2) is 53.4 Å². The molecule has 2 rings (SSSR count). The number of sulfonamides is 1. The van der Waals surface area contributed by atoms with Crippen LogP contribution in [0.5, 0.6) is 5.75 Å². The molecule has 2 aromatic rings. The number of methoxy groups -OCH3 is 1. The number of carbonyl (C=O) groups excluding carboxylic acids is 1. The number of anilines is 1. The minimum Gasteiger partial charge on any atom is -0.495 e. The summed E-state index contributed by atoms with van der Waals surface area (Å²) >= 11 is 0. The first-order valence-electron chi connectivity index (χ1n) is 7.71. The predicted octanol–water partition coefficient (Wildman–Crippen LogP) is 3.02. The maximum Gasteiger partial charge on any atom is 0.262 e. The number of hydrogen-bond acceptors (Lipinski definition) is 4. The van der Waals surface area contributed by atoms with Crippen molar-refractivity contribution in [3.05, 3.63) is 54.1 Å². The summed E-state index contributed by atoms with van der Waals surface area (Å²) in [5.74, 6) is 0.168. The standard InChI is InChI=1S/C18H22N2O4S/c1-18(2,3)19-17(21)13-9-11-14(12-10-13)25(22,23)20-15-7-5-6-8-16(15)24-4/h5-12,20H,1-4H3,(H,19,21). The highest BCUT2D eigenvalue weighted by atomic mass is 32.2. The molecule has 0 radical (unpaired) electrons. The Hall–Kier alpha value is -2.54. The minimum absolute atomic E-state index is 0.0608.